The summed E-state index contributed by atoms with van der Waals surface area (Å²) in [6.07, 6.45) is 6.04. The second-order valence-corrected chi connectivity index (χ2v) is 5.09. The molecule has 4 heteroatoms. The summed E-state index contributed by atoms with van der Waals surface area (Å²) in [5.41, 5.74) is 7.88. The van der Waals surface area contributed by atoms with E-state index in [2.05, 4.69) is 10.3 Å². The van der Waals surface area contributed by atoms with E-state index in [1.807, 2.05) is 24.4 Å². The van der Waals surface area contributed by atoms with Crippen LogP contribution in [-0.2, 0) is 4.74 Å². The normalized spacial score (nSPS) is 19.5. The Labute approximate surface area is 113 Å². The van der Waals surface area contributed by atoms with Crippen molar-refractivity contribution in [1.29, 1.82) is 0 Å². The number of pyridine rings is 1. The van der Waals surface area contributed by atoms with Crippen LogP contribution < -0.4 is 11.1 Å². The van der Waals surface area contributed by atoms with Crippen molar-refractivity contribution in [2.24, 2.45) is 5.92 Å². The minimum Gasteiger partial charge on any atom is -0.398 e. The van der Waals surface area contributed by atoms with Gasteiger partial charge in [0.15, 0.2) is 0 Å². The van der Waals surface area contributed by atoms with Gasteiger partial charge in [0, 0.05) is 47.7 Å². The minimum absolute atomic E-state index is 0.595. The summed E-state index contributed by atoms with van der Waals surface area (Å²) in [5, 5.41) is 5.65. The highest BCUT2D eigenvalue weighted by Crippen LogP contribution is 2.27. The van der Waals surface area contributed by atoms with Gasteiger partial charge >= 0.3 is 0 Å². The van der Waals surface area contributed by atoms with Crippen molar-refractivity contribution in [3.05, 3.63) is 30.6 Å². The summed E-state index contributed by atoms with van der Waals surface area (Å²) in [6, 6.07) is 5.94. The number of nitrogens with zero attached hydrogens (tertiary/aromatic N) is 1. The average Bonchev–Trinajstić information content (AvgIpc) is 2.48. The number of fused-ring (bicyclic) bond motifs is 1. The topological polar surface area (TPSA) is 60.2 Å². The standard InChI is InChI=1S/C15H19N3O/c16-14-3-4-15(13-9-17-6-5-12(13)14)18-8-11-2-1-7-19-10-11/h3-6,9,11,18H,1-2,7-8,10,16H2. The lowest BCUT2D eigenvalue weighted by molar-refractivity contribution is 0.0595. The summed E-state index contributed by atoms with van der Waals surface area (Å²) in [5.74, 6) is 0.595. The van der Waals surface area contributed by atoms with Gasteiger partial charge in [-0.1, -0.05) is 0 Å². The van der Waals surface area contributed by atoms with Crippen LogP contribution in [0.4, 0.5) is 11.4 Å². The molecule has 19 heavy (non-hydrogen) atoms. The van der Waals surface area contributed by atoms with Crippen molar-refractivity contribution < 1.29 is 4.74 Å². The van der Waals surface area contributed by atoms with Crippen LogP contribution in [0.25, 0.3) is 10.8 Å². The highest BCUT2D eigenvalue weighted by Gasteiger charge is 2.14. The van der Waals surface area contributed by atoms with Crippen LogP contribution in [0.5, 0.6) is 0 Å². The second-order valence-electron chi connectivity index (χ2n) is 5.09. The third kappa shape index (κ3) is 2.63. The second kappa shape index (κ2) is 5.45. The Bertz CT molecular complexity index is 564. The Morgan fingerprint density at radius 1 is 1.32 bits per heavy atom. The predicted molar refractivity (Wildman–Crippen MR) is 78.2 cm³/mol. The molecule has 0 aliphatic carbocycles. The van der Waals surface area contributed by atoms with Crippen molar-refractivity contribution >= 4 is 22.1 Å². The SMILES string of the molecule is Nc1ccc(NCC2CCCOC2)c2cnccc12. The zero-order valence-electron chi connectivity index (χ0n) is 10.9. The molecule has 0 radical (unpaired) electrons. The number of nitrogens with one attached hydrogen (secondary N) is 1. The van der Waals surface area contributed by atoms with E-state index < -0.39 is 0 Å². The first-order valence-electron chi connectivity index (χ1n) is 6.78. The molecule has 0 bridgehead atoms. The molecule has 1 fully saturated rings. The maximum Gasteiger partial charge on any atom is 0.0511 e. The summed E-state index contributed by atoms with van der Waals surface area (Å²) in [4.78, 5) is 4.19. The van der Waals surface area contributed by atoms with Gasteiger partial charge < -0.3 is 15.8 Å². The summed E-state index contributed by atoms with van der Waals surface area (Å²) in [7, 11) is 0. The Morgan fingerprint density at radius 3 is 3.11 bits per heavy atom. The number of nitrogen functional groups attached to an aromatic ring is 1. The van der Waals surface area contributed by atoms with Gasteiger partial charge in [0.1, 0.15) is 0 Å². The average molecular weight is 257 g/mol. The van der Waals surface area contributed by atoms with Crippen molar-refractivity contribution in [1.82, 2.24) is 4.98 Å². The summed E-state index contributed by atoms with van der Waals surface area (Å²) < 4.78 is 5.50. The van der Waals surface area contributed by atoms with E-state index in [1.165, 1.54) is 6.42 Å². The monoisotopic (exact) mass is 257 g/mol. The smallest absolute Gasteiger partial charge is 0.0511 e. The van der Waals surface area contributed by atoms with E-state index in [9.17, 15) is 0 Å². The van der Waals surface area contributed by atoms with Gasteiger partial charge in [0.05, 0.1) is 6.61 Å². The van der Waals surface area contributed by atoms with Crippen molar-refractivity contribution in [2.45, 2.75) is 12.8 Å². The number of hydrogen-bond acceptors (Lipinski definition) is 4. The fourth-order valence-corrected chi connectivity index (χ4v) is 2.59. The van der Waals surface area contributed by atoms with Crippen LogP contribution >= 0.6 is 0 Å². The lowest BCUT2D eigenvalue weighted by Crippen LogP contribution is -2.24. The van der Waals surface area contributed by atoms with E-state index in [0.717, 1.165) is 48.3 Å². The third-order valence-corrected chi connectivity index (χ3v) is 3.69. The molecule has 2 aromatic rings. The van der Waals surface area contributed by atoms with Gasteiger partial charge in [0.2, 0.25) is 0 Å². The molecule has 1 aliphatic rings. The zero-order valence-corrected chi connectivity index (χ0v) is 10.9. The Morgan fingerprint density at radius 2 is 2.26 bits per heavy atom. The first-order chi connectivity index (χ1) is 9.34. The molecule has 100 valence electrons. The zero-order chi connectivity index (χ0) is 13.1. The quantitative estimate of drug-likeness (QED) is 0.830. The Hall–Kier alpha value is -1.81. The molecule has 1 aromatic heterocycles. The van der Waals surface area contributed by atoms with Crippen LogP contribution in [-0.4, -0.2) is 24.7 Å². The molecule has 1 saturated heterocycles. The van der Waals surface area contributed by atoms with E-state index in [0.29, 0.717) is 5.92 Å². The molecule has 1 aromatic carbocycles. The fourth-order valence-electron chi connectivity index (χ4n) is 2.59. The Kier molecular flexibility index (Phi) is 3.51. The highest BCUT2D eigenvalue weighted by molar-refractivity contribution is 6.00. The van der Waals surface area contributed by atoms with Gasteiger partial charge in [-0.3, -0.25) is 4.98 Å². The van der Waals surface area contributed by atoms with Crippen LogP contribution in [0.3, 0.4) is 0 Å². The van der Waals surface area contributed by atoms with Crippen LogP contribution in [0, 0.1) is 5.92 Å². The minimum atomic E-state index is 0.595. The molecule has 4 nitrogen and oxygen atoms in total. The molecule has 1 aliphatic heterocycles. The predicted octanol–water partition coefficient (Wildman–Crippen LogP) is 2.66. The first-order valence-corrected chi connectivity index (χ1v) is 6.78. The van der Waals surface area contributed by atoms with Crippen LogP contribution in [0.1, 0.15) is 12.8 Å². The number of rotatable bonds is 3. The van der Waals surface area contributed by atoms with E-state index in [4.69, 9.17) is 10.5 Å². The van der Waals surface area contributed by atoms with E-state index >= 15 is 0 Å². The molecule has 1 unspecified atom stereocenters. The molecule has 0 saturated carbocycles. The van der Waals surface area contributed by atoms with Crippen molar-refractivity contribution in [2.75, 3.05) is 30.8 Å². The number of aromatic nitrogens is 1. The van der Waals surface area contributed by atoms with Gasteiger partial charge in [-0.25, -0.2) is 0 Å². The van der Waals surface area contributed by atoms with Crippen LogP contribution in [0.2, 0.25) is 0 Å². The summed E-state index contributed by atoms with van der Waals surface area (Å²) >= 11 is 0. The van der Waals surface area contributed by atoms with E-state index in [1.54, 1.807) is 6.20 Å². The van der Waals surface area contributed by atoms with Gasteiger partial charge in [0.25, 0.3) is 0 Å². The van der Waals surface area contributed by atoms with Crippen molar-refractivity contribution in [3.63, 3.8) is 0 Å². The Balaban J connectivity index is 1.79. The molecule has 1 atom stereocenters. The summed E-state index contributed by atoms with van der Waals surface area (Å²) in [6.45, 7) is 2.71. The molecular formula is C15H19N3O. The molecule has 3 rings (SSSR count). The van der Waals surface area contributed by atoms with Crippen LogP contribution in [0.15, 0.2) is 30.6 Å². The van der Waals surface area contributed by atoms with Crippen molar-refractivity contribution in [3.8, 4) is 0 Å². The number of anilines is 2. The number of ether oxygens (including phenoxy) is 1. The highest BCUT2D eigenvalue weighted by atomic mass is 16.5. The molecule has 0 amide bonds. The van der Waals surface area contributed by atoms with Gasteiger partial charge in [-0.15, -0.1) is 0 Å². The third-order valence-electron chi connectivity index (χ3n) is 3.69. The maximum absolute atomic E-state index is 5.99. The molecule has 0 spiro atoms. The van der Waals surface area contributed by atoms with Gasteiger partial charge in [-0.05, 0) is 37.0 Å². The van der Waals surface area contributed by atoms with E-state index in [-0.39, 0.29) is 0 Å². The molecular weight excluding hydrogens is 238 g/mol. The number of benzene rings is 1. The molecule has 3 N–H and O–H groups in total. The first kappa shape index (κ1) is 12.2. The lowest BCUT2D eigenvalue weighted by Gasteiger charge is -2.23. The maximum atomic E-state index is 5.99. The molecule has 2 heterocycles. The lowest BCUT2D eigenvalue weighted by atomic mass is 10.0. The largest absolute Gasteiger partial charge is 0.398 e. The fraction of sp³-hybridized carbons (Fsp3) is 0.400. The van der Waals surface area contributed by atoms with Gasteiger partial charge in [-0.2, -0.15) is 0 Å². The number of hydrogen-bond donors (Lipinski definition) is 2. The number of nitrogens with two attached hydrogens (primary N) is 1.